The van der Waals surface area contributed by atoms with Gasteiger partial charge in [0.2, 0.25) is 0 Å². The molecule has 0 spiro atoms. The molecular formula is C6H7F6NO2. The monoisotopic (exact) mass is 239 g/mol. The number of hydrogen-bond donors (Lipinski definition) is 2. The highest BCUT2D eigenvalue weighted by molar-refractivity contribution is 5.83. The highest BCUT2D eigenvalue weighted by atomic mass is 19.3. The second kappa shape index (κ2) is 5.19. The zero-order chi connectivity index (χ0) is 12.2. The van der Waals surface area contributed by atoms with E-state index in [-0.39, 0.29) is 0 Å². The maximum atomic E-state index is 12.2. The minimum atomic E-state index is -4.96. The van der Waals surface area contributed by atoms with Crippen LogP contribution >= 0.6 is 0 Å². The molecular weight excluding hydrogens is 232 g/mol. The summed E-state index contributed by atoms with van der Waals surface area (Å²) in [6.45, 7) is -1.22. The van der Waals surface area contributed by atoms with E-state index >= 15 is 0 Å². The third-order valence-corrected chi connectivity index (χ3v) is 1.34. The molecule has 0 heterocycles. The molecule has 1 unspecified atom stereocenters. The molecule has 0 aliphatic carbocycles. The normalized spacial score (nSPS) is 14.5. The fourth-order valence-corrected chi connectivity index (χ4v) is 0.503. The lowest BCUT2D eigenvalue weighted by atomic mass is 10.3. The van der Waals surface area contributed by atoms with Gasteiger partial charge in [-0.2, -0.15) is 8.78 Å². The molecule has 0 aromatic carbocycles. The van der Waals surface area contributed by atoms with Crippen LogP contribution in [0.1, 0.15) is 0 Å². The van der Waals surface area contributed by atoms with Gasteiger partial charge in [-0.05, 0) is 0 Å². The summed E-state index contributed by atoms with van der Waals surface area (Å²) in [5.74, 6) is -7.36. The third-order valence-electron chi connectivity index (χ3n) is 1.34. The SMILES string of the molecule is O=C(NCC(O)C(F)F)C(F)(F)C(F)F. The van der Waals surface area contributed by atoms with Crippen LogP contribution in [0.5, 0.6) is 0 Å². The van der Waals surface area contributed by atoms with Gasteiger partial charge in [0.05, 0.1) is 0 Å². The Hall–Kier alpha value is -0.990. The van der Waals surface area contributed by atoms with Crippen LogP contribution in [-0.4, -0.2) is 42.4 Å². The fraction of sp³-hybridized carbons (Fsp3) is 0.833. The molecule has 3 nitrogen and oxygen atoms in total. The lowest BCUT2D eigenvalue weighted by Crippen LogP contribution is -2.48. The van der Waals surface area contributed by atoms with E-state index in [0.717, 1.165) is 5.32 Å². The fourth-order valence-electron chi connectivity index (χ4n) is 0.503. The van der Waals surface area contributed by atoms with Gasteiger partial charge in [0.15, 0.2) is 0 Å². The van der Waals surface area contributed by atoms with Crippen molar-refractivity contribution in [2.24, 2.45) is 0 Å². The second-order valence-electron chi connectivity index (χ2n) is 2.54. The molecule has 2 N–H and O–H groups in total. The van der Waals surface area contributed by atoms with Gasteiger partial charge in [-0.1, -0.05) is 0 Å². The lowest BCUT2D eigenvalue weighted by Gasteiger charge is -2.16. The average molecular weight is 239 g/mol. The number of aliphatic hydroxyl groups is 1. The molecule has 9 heteroatoms. The molecule has 0 saturated heterocycles. The zero-order valence-electron chi connectivity index (χ0n) is 7.06. The molecule has 0 radical (unpaired) electrons. The molecule has 0 aliphatic rings. The van der Waals surface area contributed by atoms with Crippen LogP contribution in [-0.2, 0) is 4.79 Å². The van der Waals surface area contributed by atoms with Crippen molar-refractivity contribution in [3.63, 3.8) is 0 Å². The van der Waals surface area contributed by atoms with Gasteiger partial charge in [0.1, 0.15) is 6.10 Å². The van der Waals surface area contributed by atoms with E-state index in [1.807, 2.05) is 0 Å². The number of halogens is 6. The van der Waals surface area contributed by atoms with Crippen molar-refractivity contribution in [1.82, 2.24) is 5.32 Å². The number of carbonyl (C=O) groups excluding carboxylic acids is 1. The Balaban J connectivity index is 4.15. The molecule has 1 amide bonds. The third kappa shape index (κ3) is 3.94. The minimum Gasteiger partial charge on any atom is -0.385 e. The first kappa shape index (κ1) is 14.0. The second-order valence-corrected chi connectivity index (χ2v) is 2.54. The number of rotatable bonds is 5. The number of aliphatic hydroxyl groups excluding tert-OH is 1. The Bertz CT molecular complexity index is 222. The minimum absolute atomic E-state index is 1.09. The van der Waals surface area contributed by atoms with Crippen LogP contribution in [0.15, 0.2) is 0 Å². The number of alkyl halides is 6. The van der Waals surface area contributed by atoms with Crippen molar-refractivity contribution in [3.8, 4) is 0 Å². The van der Waals surface area contributed by atoms with E-state index in [0.29, 0.717) is 0 Å². The lowest BCUT2D eigenvalue weighted by molar-refractivity contribution is -0.170. The van der Waals surface area contributed by atoms with Crippen LogP contribution in [0.2, 0.25) is 0 Å². The Labute approximate surface area is 80.1 Å². The summed E-state index contributed by atoms with van der Waals surface area (Å²) >= 11 is 0. The Morgan fingerprint density at radius 1 is 1.27 bits per heavy atom. The first-order valence-electron chi connectivity index (χ1n) is 3.60. The van der Waals surface area contributed by atoms with E-state index < -0.39 is 37.3 Å². The van der Waals surface area contributed by atoms with Crippen molar-refractivity contribution in [2.75, 3.05) is 6.54 Å². The van der Waals surface area contributed by atoms with Crippen molar-refractivity contribution >= 4 is 5.91 Å². The maximum Gasteiger partial charge on any atom is 0.383 e. The van der Waals surface area contributed by atoms with Crippen molar-refractivity contribution in [1.29, 1.82) is 0 Å². The zero-order valence-corrected chi connectivity index (χ0v) is 7.06. The van der Waals surface area contributed by atoms with Crippen LogP contribution in [0, 0.1) is 0 Å². The maximum absolute atomic E-state index is 12.2. The first-order valence-corrected chi connectivity index (χ1v) is 3.60. The van der Waals surface area contributed by atoms with Gasteiger partial charge >= 0.3 is 12.3 Å². The summed E-state index contributed by atoms with van der Waals surface area (Å²) in [5.41, 5.74) is 0. The standard InChI is InChI=1S/C6H7F6NO2/c7-3(8)2(14)1-13-5(15)6(11,12)4(9)10/h2-4,14H,1H2,(H,13,15). The van der Waals surface area contributed by atoms with Crippen LogP contribution in [0.3, 0.4) is 0 Å². The van der Waals surface area contributed by atoms with Crippen molar-refractivity contribution in [2.45, 2.75) is 24.9 Å². The molecule has 0 fully saturated rings. The van der Waals surface area contributed by atoms with E-state index in [9.17, 15) is 31.1 Å². The van der Waals surface area contributed by atoms with Gasteiger partial charge in [-0.15, -0.1) is 0 Å². The first-order chi connectivity index (χ1) is 6.69. The van der Waals surface area contributed by atoms with Gasteiger partial charge in [0, 0.05) is 6.54 Å². The number of nitrogens with one attached hydrogen (secondary N) is 1. The molecule has 90 valence electrons. The molecule has 15 heavy (non-hydrogen) atoms. The largest absolute Gasteiger partial charge is 0.385 e. The summed E-state index contributed by atoms with van der Waals surface area (Å²) in [6, 6.07) is 0. The molecule has 0 saturated carbocycles. The van der Waals surface area contributed by atoms with E-state index in [1.54, 1.807) is 0 Å². The molecule has 0 bridgehead atoms. The highest BCUT2D eigenvalue weighted by Gasteiger charge is 2.48. The summed E-state index contributed by atoms with van der Waals surface area (Å²) < 4.78 is 70.6. The molecule has 0 aromatic rings. The van der Waals surface area contributed by atoms with Crippen LogP contribution in [0.25, 0.3) is 0 Å². The summed E-state index contributed by atoms with van der Waals surface area (Å²) in [7, 11) is 0. The molecule has 0 aliphatic heterocycles. The smallest absolute Gasteiger partial charge is 0.383 e. The number of hydrogen-bond acceptors (Lipinski definition) is 2. The van der Waals surface area contributed by atoms with Gasteiger partial charge in [-0.3, -0.25) is 4.79 Å². The predicted molar refractivity (Wildman–Crippen MR) is 36.0 cm³/mol. The Morgan fingerprint density at radius 2 is 1.73 bits per heavy atom. The number of amides is 1. The summed E-state index contributed by atoms with van der Waals surface area (Å²) in [4.78, 5) is 10.3. The average Bonchev–Trinajstić information content (AvgIpc) is 2.12. The van der Waals surface area contributed by atoms with Gasteiger partial charge in [-0.25, -0.2) is 17.6 Å². The Morgan fingerprint density at radius 3 is 2.07 bits per heavy atom. The van der Waals surface area contributed by atoms with E-state index in [1.165, 1.54) is 0 Å². The summed E-state index contributed by atoms with van der Waals surface area (Å²) in [5, 5.41) is 9.47. The predicted octanol–water partition coefficient (Wildman–Crippen LogP) is 0.629. The topological polar surface area (TPSA) is 49.3 Å². The quantitative estimate of drug-likeness (QED) is 0.691. The van der Waals surface area contributed by atoms with Gasteiger partial charge < -0.3 is 10.4 Å². The molecule has 1 atom stereocenters. The van der Waals surface area contributed by atoms with Crippen molar-refractivity contribution in [3.05, 3.63) is 0 Å². The highest BCUT2D eigenvalue weighted by Crippen LogP contribution is 2.22. The van der Waals surface area contributed by atoms with Crippen LogP contribution in [0.4, 0.5) is 26.3 Å². The van der Waals surface area contributed by atoms with Gasteiger partial charge in [0.25, 0.3) is 12.3 Å². The van der Waals surface area contributed by atoms with Crippen molar-refractivity contribution < 1.29 is 36.2 Å². The number of carbonyl (C=O) groups is 1. The molecule has 0 aromatic heterocycles. The molecule has 0 rings (SSSR count). The van der Waals surface area contributed by atoms with E-state index in [4.69, 9.17) is 5.11 Å². The van der Waals surface area contributed by atoms with Crippen LogP contribution < -0.4 is 5.32 Å². The Kier molecular flexibility index (Phi) is 4.85. The summed E-state index contributed by atoms with van der Waals surface area (Å²) in [6.07, 6.45) is -9.87. The van der Waals surface area contributed by atoms with E-state index in [2.05, 4.69) is 0 Å².